The van der Waals surface area contributed by atoms with Crippen molar-refractivity contribution in [1.29, 1.82) is 0 Å². The molecule has 0 radical (unpaired) electrons. The Morgan fingerprint density at radius 2 is 1.95 bits per heavy atom. The van der Waals surface area contributed by atoms with E-state index in [0.717, 1.165) is 43.2 Å². The van der Waals surface area contributed by atoms with Crippen LogP contribution in [0.15, 0.2) is 6.33 Å². The van der Waals surface area contributed by atoms with Gasteiger partial charge in [-0.05, 0) is 26.0 Å². The van der Waals surface area contributed by atoms with Gasteiger partial charge in [-0.1, -0.05) is 20.3 Å². The molecule has 5 heteroatoms. The summed E-state index contributed by atoms with van der Waals surface area (Å²) in [5.74, 6) is 3.04. The Kier molecular flexibility index (Phi) is 7.63. The number of anilines is 2. The molecule has 19 heavy (non-hydrogen) atoms. The largest absolute Gasteiger partial charge is 0.370 e. The summed E-state index contributed by atoms with van der Waals surface area (Å²) in [6, 6.07) is 0.416. The third-order valence-corrected chi connectivity index (χ3v) is 3.62. The van der Waals surface area contributed by atoms with Crippen molar-refractivity contribution in [3.63, 3.8) is 0 Å². The maximum Gasteiger partial charge on any atom is 0.134 e. The first-order valence-corrected chi connectivity index (χ1v) is 8.45. The summed E-state index contributed by atoms with van der Waals surface area (Å²) in [6.07, 6.45) is 6.97. The molecule has 2 N–H and O–H groups in total. The minimum absolute atomic E-state index is 0.416. The molecule has 1 heterocycles. The summed E-state index contributed by atoms with van der Waals surface area (Å²) in [5.41, 5.74) is 1.21. The van der Waals surface area contributed by atoms with Gasteiger partial charge in [0.15, 0.2) is 0 Å². The standard InChI is InChI=1S/C14H26N4S/c1-5-7-12-13(15-8-6-2)16-10-17-14(12)18-11(3)9-19-4/h10-11H,5-9H2,1-4H3,(H2,15,16,17,18). The Morgan fingerprint density at radius 3 is 2.58 bits per heavy atom. The van der Waals surface area contributed by atoms with E-state index in [1.54, 1.807) is 6.33 Å². The van der Waals surface area contributed by atoms with Crippen LogP contribution < -0.4 is 10.6 Å². The van der Waals surface area contributed by atoms with Crippen LogP contribution in [0, 0.1) is 0 Å². The van der Waals surface area contributed by atoms with Gasteiger partial charge in [-0.25, -0.2) is 9.97 Å². The maximum atomic E-state index is 4.42. The van der Waals surface area contributed by atoms with Gasteiger partial charge in [0.05, 0.1) is 0 Å². The average molecular weight is 282 g/mol. The van der Waals surface area contributed by atoms with Crippen LogP contribution in [0.25, 0.3) is 0 Å². The fourth-order valence-electron chi connectivity index (χ4n) is 1.94. The number of aromatic nitrogens is 2. The highest BCUT2D eigenvalue weighted by Gasteiger charge is 2.12. The van der Waals surface area contributed by atoms with Gasteiger partial charge in [-0.3, -0.25) is 0 Å². The van der Waals surface area contributed by atoms with Crippen molar-refractivity contribution in [3.8, 4) is 0 Å². The average Bonchev–Trinajstić information content (AvgIpc) is 2.39. The zero-order chi connectivity index (χ0) is 14.1. The molecule has 1 aromatic rings. The molecule has 0 amide bonds. The van der Waals surface area contributed by atoms with E-state index in [-0.39, 0.29) is 0 Å². The smallest absolute Gasteiger partial charge is 0.134 e. The number of hydrogen-bond acceptors (Lipinski definition) is 5. The lowest BCUT2D eigenvalue weighted by molar-refractivity contribution is 0.858. The van der Waals surface area contributed by atoms with E-state index in [2.05, 4.69) is 47.6 Å². The van der Waals surface area contributed by atoms with Crippen LogP contribution >= 0.6 is 11.8 Å². The predicted molar refractivity (Wildman–Crippen MR) is 86.3 cm³/mol. The highest BCUT2D eigenvalue weighted by atomic mass is 32.2. The highest BCUT2D eigenvalue weighted by Crippen LogP contribution is 2.22. The molecule has 1 aromatic heterocycles. The van der Waals surface area contributed by atoms with E-state index in [0.29, 0.717) is 6.04 Å². The second kappa shape index (κ2) is 9.02. The molecule has 0 aliphatic carbocycles. The second-order valence-electron chi connectivity index (χ2n) is 4.73. The van der Waals surface area contributed by atoms with E-state index in [9.17, 15) is 0 Å². The predicted octanol–water partition coefficient (Wildman–Crippen LogP) is 3.41. The number of nitrogens with one attached hydrogen (secondary N) is 2. The van der Waals surface area contributed by atoms with Gasteiger partial charge in [0.1, 0.15) is 18.0 Å². The summed E-state index contributed by atoms with van der Waals surface area (Å²) in [4.78, 5) is 8.80. The molecular weight excluding hydrogens is 256 g/mol. The van der Waals surface area contributed by atoms with E-state index in [4.69, 9.17) is 0 Å². The maximum absolute atomic E-state index is 4.42. The Labute approximate surface area is 121 Å². The molecule has 0 aliphatic rings. The summed E-state index contributed by atoms with van der Waals surface area (Å²) < 4.78 is 0. The summed E-state index contributed by atoms with van der Waals surface area (Å²) in [6.45, 7) is 7.49. The van der Waals surface area contributed by atoms with Crippen LogP contribution in [0.4, 0.5) is 11.6 Å². The van der Waals surface area contributed by atoms with E-state index < -0.39 is 0 Å². The van der Waals surface area contributed by atoms with Crippen molar-refractivity contribution in [3.05, 3.63) is 11.9 Å². The molecule has 1 unspecified atom stereocenters. The summed E-state index contributed by atoms with van der Waals surface area (Å²) >= 11 is 1.84. The zero-order valence-electron chi connectivity index (χ0n) is 12.5. The Balaban J connectivity index is 2.88. The number of nitrogens with zero attached hydrogens (tertiary/aromatic N) is 2. The molecule has 0 bridgehead atoms. The number of rotatable bonds is 9. The topological polar surface area (TPSA) is 49.8 Å². The lowest BCUT2D eigenvalue weighted by Crippen LogP contribution is -2.20. The van der Waals surface area contributed by atoms with Gasteiger partial charge in [-0.15, -0.1) is 0 Å². The van der Waals surface area contributed by atoms with Crippen LogP contribution in [0.5, 0.6) is 0 Å². The normalized spacial score (nSPS) is 12.2. The Bertz CT molecular complexity index is 370. The molecule has 1 rings (SSSR count). The van der Waals surface area contributed by atoms with Gasteiger partial charge < -0.3 is 10.6 Å². The van der Waals surface area contributed by atoms with Gasteiger partial charge >= 0.3 is 0 Å². The van der Waals surface area contributed by atoms with Gasteiger partial charge in [0.25, 0.3) is 0 Å². The first kappa shape index (κ1) is 16.1. The highest BCUT2D eigenvalue weighted by molar-refractivity contribution is 7.98. The first-order valence-electron chi connectivity index (χ1n) is 7.06. The third kappa shape index (κ3) is 5.27. The minimum Gasteiger partial charge on any atom is -0.370 e. The molecule has 0 fully saturated rings. The van der Waals surface area contributed by atoms with Crippen LogP contribution in [0.3, 0.4) is 0 Å². The Hall–Kier alpha value is -0.970. The third-order valence-electron chi connectivity index (χ3n) is 2.79. The fraction of sp³-hybridized carbons (Fsp3) is 0.714. The molecule has 1 atom stereocenters. The summed E-state index contributed by atoms with van der Waals surface area (Å²) in [5, 5.41) is 6.90. The van der Waals surface area contributed by atoms with Gasteiger partial charge in [0.2, 0.25) is 0 Å². The molecule has 4 nitrogen and oxygen atoms in total. The van der Waals surface area contributed by atoms with Crippen LogP contribution in [-0.4, -0.2) is 34.6 Å². The van der Waals surface area contributed by atoms with Crippen LogP contribution in [0.1, 0.15) is 39.2 Å². The van der Waals surface area contributed by atoms with Crippen molar-refractivity contribution in [1.82, 2.24) is 9.97 Å². The van der Waals surface area contributed by atoms with Crippen LogP contribution in [0.2, 0.25) is 0 Å². The van der Waals surface area contributed by atoms with Crippen molar-refractivity contribution in [2.75, 3.05) is 29.2 Å². The second-order valence-corrected chi connectivity index (χ2v) is 5.64. The monoisotopic (exact) mass is 282 g/mol. The lowest BCUT2D eigenvalue weighted by atomic mass is 10.1. The van der Waals surface area contributed by atoms with Crippen molar-refractivity contribution in [2.24, 2.45) is 0 Å². The van der Waals surface area contributed by atoms with Gasteiger partial charge in [-0.2, -0.15) is 11.8 Å². The Morgan fingerprint density at radius 1 is 1.21 bits per heavy atom. The van der Waals surface area contributed by atoms with Crippen molar-refractivity contribution in [2.45, 2.75) is 46.1 Å². The van der Waals surface area contributed by atoms with Crippen molar-refractivity contribution < 1.29 is 0 Å². The fourth-order valence-corrected chi connectivity index (χ4v) is 2.53. The van der Waals surface area contributed by atoms with E-state index in [1.165, 1.54) is 5.56 Å². The zero-order valence-corrected chi connectivity index (χ0v) is 13.3. The molecular formula is C14H26N4S. The minimum atomic E-state index is 0.416. The summed E-state index contributed by atoms with van der Waals surface area (Å²) in [7, 11) is 0. The number of thioether (sulfide) groups is 1. The molecule has 0 aromatic carbocycles. The SMILES string of the molecule is CCCNc1ncnc(NC(C)CSC)c1CCC. The lowest BCUT2D eigenvalue weighted by Gasteiger charge is -2.18. The van der Waals surface area contributed by atoms with E-state index in [1.807, 2.05) is 11.8 Å². The molecule has 108 valence electrons. The quantitative estimate of drug-likeness (QED) is 0.727. The number of hydrogen-bond donors (Lipinski definition) is 2. The van der Waals surface area contributed by atoms with Gasteiger partial charge in [0, 0.05) is 23.9 Å². The molecule has 0 saturated carbocycles. The molecule has 0 aliphatic heterocycles. The molecule has 0 spiro atoms. The van der Waals surface area contributed by atoms with E-state index >= 15 is 0 Å². The first-order chi connectivity index (χ1) is 9.22. The van der Waals surface area contributed by atoms with Crippen LogP contribution in [-0.2, 0) is 6.42 Å². The van der Waals surface area contributed by atoms with Crippen molar-refractivity contribution >= 4 is 23.4 Å². The molecule has 0 saturated heterocycles.